The molecule has 1 aromatic carbocycles. The van der Waals surface area contributed by atoms with Gasteiger partial charge in [-0.2, -0.15) is 4.99 Å². The number of aliphatic imine (C=N–C) groups is 1. The molecular formula is C16H20N2O2. The van der Waals surface area contributed by atoms with Crippen LogP contribution in [0.4, 0.5) is 5.69 Å². The summed E-state index contributed by atoms with van der Waals surface area (Å²) in [6.07, 6.45) is 6.84. The van der Waals surface area contributed by atoms with Gasteiger partial charge in [0, 0.05) is 30.4 Å². The summed E-state index contributed by atoms with van der Waals surface area (Å²) < 4.78 is 5.70. The first-order valence-corrected chi connectivity index (χ1v) is 7.22. The van der Waals surface area contributed by atoms with Gasteiger partial charge in [0.05, 0.1) is 7.11 Å². The zero-order chi connectivity index (χ0) is 14.2. The number of hydrogen-bond donors (Lipinski definition) is 0. The van der Waals surface area contributed by atoms with Crippen LogP contribution in [0, 0.1) is 0 Å². The van der Waals surface area contributed by atoms with Gasteiger partial charge in [0.25, 0.3) is 0 Å². The summed E-state index contributed by atoms with van der Waals surface area (Å²) in [6.45, 7) is 1.08. The number of benzene rings is 1. The molecule has 2 aliphatic rings. The Hall–Kier alpha value is -1.80. The standard InChI is InChI=1S/C16H20N2O2/c1-18-10-3-5-12-14(18)7-6-13(15(12)20-2)16(17-11-19)8-4-9-16/h6-7H,3-5,8-10H2,1-2H3. The van der Waals surface area contributed by atoms with Gasteiger partial charge >= 0.3 is 0 Å². The van der Waals surface area contributed by atoms with Gasteiger partial charge in [-0.15, -0.1) is 0 Å². The van der Waals surface area contributed by atoms with Gasteiger partial charge in [-0.1, -0.05) is 6.07 Å². The van der Waals surface area contributed by atoms with Crippen molar-refractivity contribution in [1.82, 2.24) is 0 Å². The highest BCUT2D eigenvalue weighted by atomic mass is 16.5. The van der Waals surface area contributed by atoms with Gasteiger partial charge in [-0.05, 0) is 38.2 Å². The van der Waals surface area contributed by atoms with Crippen LogP contribution in [0.2, 0.25) is 0 Å². The van der Waals surface area contributed by atoms with E-state index in [9.17, 15) is 4.79 Å². The zero-order valence-electron chi connectivity index (χ0n) is 12.1. The molecule has 20 heavy (non-hydrogen) atoms. The number of ether oxygens (including phenoxy) is 1. The third kappa shape index (κ3) is 1.83. The lowest BCUT2D eigenvalue weighted by Gasteiger charge is -2.39. The molecule has 1 fully saturated rings. The smallest absolute Gasteiger partial charge is 0.235 e. The molecule has 1 aromatic rings. The highest BCUT2D eigenvalue weighted by molar-refractivity contribution is 5.65. The molecule has 1 aliphatic carbocycles. The van der Waals surface area contributed by atoms with Crippen molar-refractivity contribution in [3.8, 4) is 5.75 Å². The summed E-state index contributed by atoms with van der Waals surface area (Å²) in [5.41, 5.74) is 3.16. The molecule has 0 radical (unpaired) electrons. The minimum absolute atomic E-state index is 0.391. The van der Waals surface area contributed by atoms with Gasteiger partial charge in [0.2, 0.25) is 6.08 Å². The molecule has 0 aromatic heterocycles. The van der Waals surface area contributed by atoms with Crippen molar-refractivity contribution >= 4 is 11.8 Å². The Morgan fingerprint density at radius 1 is 1.35 bits per heavy atom. The maximum atomic E-state index is 10.8. The SMILES string of the molecule is COc1c(C2(N=C=O)CCC2)ccc2c1CCCN2C. The number of isocyanates is 1. The Kier molecular flexibility index (Phi) is 3.27. The lowest BCUT2D eigenvalue weighted by Crippen LogP contribution is -2.33. The van der Waals surface area contributed by atoms with Crippen LogP contribution in [0.3, 0.4) is 0 Å². The number of hydrogen-bond acceptors (Lipinski definition) is 4. The number of methoxy groups -OCH3 is 1. The monoisotopic (exact) mass is 272 g/mol. The molecule has 0 amide bonds. The number of carbonyl (C=O) groups excluding carboxylic acids is 1. The summed E-state index contributed by atoms with van der Waals surface area (Å²) >= 11 is 0. The van der Waals surface area contributed by atoms with Crippen molar-refractivity contribution in [3.63, 3.8) is 0 Å². The maximum absolute atomic E-state index is 10.8. The van der Waals surface area contributed by atoms with Crippen molar-refractivity contribution in [1.29, 1.82) is 0 Å². The number of nitrogens with zero attached hydrogens (tertiary/aromatic N) is 2. The highest BCUT2D eigenvalue weighted by Crippen LogP contribution is 2.50. The van der Waals surface area contributed by atoms with E-state index in [4.69, 9.17) is 4.74 Å². The fourth-order valence-corrected chi connectivity index (χ4v) is 3.47. The second-order valence-electron chi connectivity index (χ2n) is 5.76. The lowest BCUT2D eigenvalue weighted by atomic mass is 9.71. The second kappa shape index (κ2) is 4.95. The lowest BCUT2D eigenvalue weighted by molar-refractivity contribution is 0.245. The number of fused-ring (bicyclic) bond motifs is 1. The van der Waals surface area contributed by atoms with Gasteiger partial charge < -0.3 is 9.64 Å². The van der Waals surface area contributed by atoms with E-state index in [-0.39, 0.29) is 0 Å². The van der Waals surface area contributed by atoms with E-state index >= 15 is 0 Å². The van der Waals surface area contributed by atoms with Gasteiger partial charge in [0.1, 0.15) is 11.3 Å². The van der Waals surface area contributed by atoms with E-state index < -0.39 is 5.54 Å². The first-order chi connectivity index (χ1) is 9.72. The largest absolute Gasteiger partial charge is 0.496 e. The van der Waals surface area contributed by atoms with Crippen LogP contribution >= 0.6 is 0 Å². The zero-order valence-corrected chi connectivity index (χ0v) is 12.1. The van der Waals surface area contributed by atoms with Crippen molar-refractivity contribution in [3.05, 3.63) is 23.3 Å². The third-order valence-electron chi connectivity index (χ3n) is 4.71. The van der Waals surface area contributed by atoms with Crippen LogP contribution in [0.15, 0.2) is 17.1 Å². The van der Waals surface area contributed by atoms with Crippen LogP contribution in [0.25, 0.3) is 0 Å². The van der Waals surface area contributed by atoms with Crippen LogP contribution < -0.4 is 9.64 Å². The van der Waals surface area contributed by atoms with Crippen molar-refractivity contribution < 1.29 is 9.53 Å². The topological polar surface area (TPSA) is 41.9 Å². The number of rotatable bonds is 3. The van der Waals surface area contributed by atoms with E-state index in [1.807, 2.05) is 0 Å². The van der Waals surface area contributed by atoms with Crippen LogP contribution in [0.5, 0.6) is 5.75 Å². The Bertz CT molecular complexity index is 572. The fourth-order valence-electron chi connectivity index (χ4n) is 3.47. The highest BCUT2D eigenvalue weighted by Gasteiger charge is 2.42. The van der Waals surface area contributed by atoms with Crippen LogP contribution in [0.1, 0.15) is 36.8 Å². The van der Waals surface area contributed by atoms with Crippen molar-refractivity contribution in [2.75, 3.05) is 25.6 Å². The molecule has 3 rings (SSSR count). The number of anilines is 1. The Balaban J connectivity index is 2.15. The van der Waals surface area contributed by atoms with Gasteiger partial charge in [0.15, 0.2) is 0 Å². The molecule has 4 heteroatoms. The summed E-state index contributed by atoms with van der Waals surface area (Å²) in [5.74, 6) is 0.924. The van der Waals surface area contributed by atoms with E-state index in [0.29, 0.717) is 0 Å². The summed E-state index contributed by atoms with van der Waals surface area (Å²) in [4.78, 5) is 17.2. The molecule has 0 unspecified atom stereocenters. The van der Waals surface area contributed by atoms with Crippen LogP contribution in [-0.4, -0.2) is 26.8 Å². The van der Waals surface area contributed by atoms with E-state index in [2.05, 4.69) is 29.1 Å². The first kappa shape index (κ1) is 13.2. The molecule has 0 atom stereocenters. The molecule has 0 bridgehead atoms. The van der Waals surface area contributed by atoms with Crippen molar-refractivity contribution in [2.45, 2.75) is 37.6 Å². The molecule has 0 spiro atoms. The second-order valence-corrected chi connectivity index (χ2v) is 5.76. The Labute approximate surface area is 119 Å². The van der Waals surface area contributed by atoms with E-state index in [1.54, 1.807) is 13.2 Å². The average molecular weight is 272 g/mol. The van der Waals surface area contributed by atoms with Crippen molar-refractivity contribution in [2.24, 2.45) is 4.99 Å². The van der Waals surface area contributed by atoms with Crippen LogP contribution in [-0.2, 0) is 16.8 Å². The Morgan fingerprint density at radius 3 is 2.75 bits per heavy atom. The molecule has 1 aliphatic heterocycles. The maximum Gasteiger partial charge on any atom is 0.235 e. The minimum atomic E-state index is -0.391. The average Bonchev–Trinajstić information content (AvgIpc) is 2.42. The Morgan fingerprint density at radius 2 is 2.15 bits per heavy atom. The normalized spacial score (nSPS) is 19.6. The summed E-state index contributed by atoms with van der Waals surface area (Å²) in [6, 6.07) is 4.23. The van der Waals surface area contributed by atoms with E-state index in [1.165, 1.54) is 11.3 Å². The molecule has 4 nitrogen and oxygen atoms in total. The molecule has 0 saturated heterocycles. The minimum Gasteiger partial charge on any atom is -0.496 e. The van der Waals surface area contributed by atoms with Gasteiger partial charge in [-0.25, -0.2) is 4.79 Å². The molecule has 106 valence electrons. The summed E-state index contributed by atoms with van der Waals surface area (Å²) in [5, 5.41) is 0. The molecular weight excluding hydrogens is 252 g/mol. The first-order valence-electron chi connectivity index (χ1n) is 7.22. The molecule has 1 heterocycles. The predicted molar refractivity (Wildman–Crippen MR) is 78.2 cm³/mol. The van der Waals surface area contributed by atoms with Gasteiger partial charge in [-0.3, -0.25) is 0 Å². The fraction of sp³-hybridized carbons (Fsp3) is 0.562. The molecule has 0 N–H and O–H groups in total. The predicted octanol–water partition coefficient (Wildman–Crippen LogP) is 2.79. The molecule has 1 saturated carbocycles. The quantitative estimate of drug-likeness (QED) is 0.627. The summed E-state index contributed by atoms with van der Waals surface area (Å²) in [7, 11) is 3.82. The third-order valence-corrected chi connectivity index (χ3v) is 4.71. The van der Waals surface area contributed by atoms with E-state index in [0.717, 1.165) is 50.0 Å².